The van der Waals surface area contributed by atoms with E-state index in [0.717, 1.165) is 5.56 Å². The van der Waals surface area contributed by atoms with E-state index < -0.39 is 28.6 Å². The molecule has 1 fully saturated rings. The van der Waals surface area contributed by atoms with Crippen LogP contribution in [0.3, 0.4) is 0 Å². The van der Waals surface area contributed by atoms with Crippen molar-refractivity contribution in [2.75, 3.05) is 5.32 Å². The lowest BCUT2D eigenvalue weighted by atomic mass is 10.2. The number of hydrogen-bond donors (Lipinski definition) is 2. The molecule has 0 heterocycles. The molecule has 2 atom stereocenters. The molecule has 0 aliphatic heterocycles. The third-order valence-corrected chi connectivity index (χ3v) is 3.05. The summed E-state index contributed by atoms with van der Waals surface area (Å²) in [5.41, 5.74) is 0.670. The van der Waals surface area contributed by atoms with Crippen LogP contribution in [-0.2, 0) is 9.59 Å². The maximum atomic E-state index is 11.8. The number of amides is 1. The Balaban J connectivity index is 2.15. The smallest absolute Gasteiger partial charge is 0.307 e. The first-order valence-corrected chi connectivity index (χ1v) is 5.69. The van der Waals surface area contributed by atoms with E-state index in [4.69, 9.17) is 5.11 Å². The number of nitro benzene ring substituents is 1. The predicted octanol–water partition coefficient (Wildman–Crippen LogP) is 1.56. The number of aryl methyl sites for hydroxylation is 1. The number of hydrogen-bond acceptors (Lipinski definition) is 4. The molecule has 7 nitrogen and oxygen atoms in total. The van der Waals surface area contributed by atoms with Gasteiger partial charge in [0.05, 0.1) is 16.8 Å². The van der Waals surface area contributed by atoms with Crippen molar-refractivity contribution in [3.05, 3.63) is 33.9 Å². The van der Waals surface area contributed by atoms with Crippen LogP contribution in [-0.4, -0.2) is 21.9 Å². The number of nitro groups is 1. The summed E-state index contributed by atoms with van der Waals surface area (Å²) in [5.74, 6) is -2.78. The number of carbonyl (C=O) groups excluding carboxylic acids is 1. The van der Waals surface area contributed by atoms with Gasteiger partial charge in [0.2, 0.25) is 5.91 Å². The fraction of sp³-hybridized carbons (Fsp3) is 0.333. The van der Waals surface area contributed by atoms with Gasteiger partial charge in [0.25, 0.3) is 5.69 Å². The van der Waals surface area contributed by atoms with Crippen LogP contribution in [0.1, 0.15) is 12.0 Å². The van der Waals surface area contributed by atoms with Crippen LogP contribution in [0.4, 0.5) is 11.4 Å². The average molecular weight is 264 g/mol. The molecule has 7 heteroatoms. The lowest BCUT2D eigenvalue weighted by Gasteiger charge is -2.06. The Kier molecular flexibility index (Phi) is 3.20. The summed E-state index contributed by atoms with van der Waals surface area (Å²) in [7, 11) is 0. The standard InChI is InChI=1S/C12H12N2O5/c1-6-2-3-10(14(18)19)9(4-6)13-11(15)7-5-8(7)12(16)17/h2-4,7-8H,5H2,1H3,(H,13,15)(H,16,17)/t7-,8+/m1/s1. The first-order valence-electron chi connectivity index (χ1n) is 5.69. The molecule has 0 radical (unpaired) electrons. The molecule has 0 aromatic heterocycles. The number of aliphatic carboxylic acids is 1. The quantitative estimate of drug-likeness (QED) is 0.633. The highest BCUT2D eigenvalue weighted by atomic mass is 16.6. The largest absolute Gasteiger partial charge is 0.481 e. The second-order valence-corrected chi connectivity index (χ2v) is 4.55. The second-order valence-electron chi connectivity index (χ2n) is 4.55. The zero-order valence-corrected chi connectivity index (χ0v) is 10.1. The molecular formula is C12H12N2O5. The Bertz CT molecular complexity index is 569. The zero-order chi connectivity index (χ0) is 14.2. The Morgan fingerprint density at radius 2 is 2.11 bits per heavy atom. The van der Waals surface area contributed by atoms with Crippen LogP contribution in [0.5, 0.6) is 0 Å². The van der Waals surface area contributed by atoms with Crippen molar-refractivity contribution in [1.82, 2.24) is 0 Å². The van der Waals surface area contributed by atoms with Gasteiger partial charge >= 0.3 is 5.97 Å². The third kappa shape index (κ3) is 2.70. The number of nitrogens with zero attached hydrogens (tertiary/aromatic N) is 1. The van der Waals surface area contributed by atoms with E-state index in [0.29, 0.717) is 0 Å². The molecule has 1 saturated carbocycles. The monoisotopic (exact) mass is 264 g/mol. The fourth-order valence-electron chi connectivity index (χ4n) is 1.89. The third-order valence-electron chi connectivity index (χ3n) is 3.05. The number of benzene rings is 1. The fourth-order valence-corrected chi connectivity index (χ4v) is 1.89. The van der Waals surface area contributed by atoms with Crippen LogP contribution in [0.25, 0.3) is 0 Å². The highest BCUT2D eigenvalue weighted by Crippen LogP contribution is 2.40. The first kappa shape index (κ1) is 13.0. The minimum absolute atomic E-state index is 0.103. The summed E-state index contributed by atoms with van der Waals surface area (Å²) < 4.78 is 0. The van der Waals surface area contributed by atoms with Crippen LogP contribution in [0.15, 0.2) is 18.2 Å². The van der Waals surface area contributed by atoms with Crippen LogP contribution < -0.4 is 5.32 Å². The summed E-state index contributed by atoms with van der Waals surface area (Å²) in [6.45, 7) is 1.75. The maximum Gasteiger partial charge on any atom is 0.307 e. The van der Waals surface area contributed by atoms with Crippen molar-refractivity contribution >= 4 is 23.3 Å². The molecule has 1 aliphatic rings. The molecule has 0 saturated heterocycles. The Labute approximate surface area is 108 Å². The predicted molar refractivity (Wildman–Crippen MR) is 65.7 cm³/mol. The van der Waals surface area contributed by atoms with Gasteiger partial charge in [-0.25, -0.2) is 0 Å². The molecule has 1 aliphatic carbocycles. The Morgan fingerprint density at radius 3 is 2.63 bits per heavy atom. The van der Waals surface area contributed by atoms with Gasteiger partial charge in [0, 0.05) is 6.07 Å². The van der Waals surface area contributed by atoms with Gasteiger partial charge in [-0.2, -0.15) is 0 Å². The topological polar surface area (TPSA) is 110 Å². The summed E-state index contributed by atoms with van der Waals surface area (Å²) in [4.78, 5) is 32.7. The van der Waals surface area contributed by atoms with E-state index in [9.17, 15) is 19.7 Å². The maximum absolute atomic E-state index is 11.8. The van der Waals surface area contributed by atoms with E-state index in [1.165, 1.54) is 12.1 Å². The Hall–Kier alpha value is -2.44. The van der Waals surface area contributed by atoms with Crippen molar-refractivity contribution in [1.29, 1.82) is 0 Å². The number of anilines is 1. The van der Waals surface area contributed by atoms with E-state index in [1.807, 2.05) is 0 Å². The molecule has 0 unspecified atom stereocenters. The molecule has 19 heavy (non-hydrogen) atoms. The van der Waals surface area contributed by atoms with Crippen molar-refractivity contribution in [2.24, 2.45) is 11.8 Å². The number of rotatable bonds is 4. The average Bonchev–Trinajstić information content (AvgIpc) is 3.08. The van der Waals surface area contributed by atoms with Gasteiger partial charge < -0.3 is 10.4 Å². The van der Waals surface area contributed by atoms with E-state index in [1.54, 1.807) is 13.0 Å². The van der Waals surface area contributed by atoms with Gasteiger partial charge in [-0.05, 0) is 25.0 Å². The van der Waals surface area contributed by atoms with Gasteiger partial charge in [-0.3, -0.25) is 19.7 Å². The number of nitrogens with one attached hydrogen (secondary N) is 1. The number of carboxylic acid groups (broad SMARTS) is 1. The van der Waals surface area contributed by atoms with Crippen LogP contribution in [0, 0.1) is 28.9 Å². The Morgan fingerprint density at radius 1 is 1.42 bits per heavy atom. The SMILES string of the molecule is Cc1ccc([N+](=O)[O-])c(NC(=O)[C@@H]2C[C@@H]2C(=O)O)c1. The summed E-state index contributed by atoms with van der Waals surface area (Å²) in [6.07, 6.45) is 0.279. The lowest BCUT2D eigenvalue weighted by molar-refractivity contribution is -0.383. The van der Waals surface area contributed by atoms with Gasteiger partial charge in [-0.15, -0.1) is 0 Å². The van der Waals surface area contributed by atoms with Gasteiger partial charge in [0.15, 0.2) is 0 Å². The van der Waals surface area contributed by atoms with Crippen molar-refractivity contribution in [2.45, 2.75) is 13.3 Å². The highest BCUT2D eigenvalue weighted by Gasteiger charge is 2.48. The number of carbonyl (C=O) groups is 2. The number of carboxylic acids is 1. The molecule has 2 N–H and O–H groups in total. The zero-order valence-electron chi connectivity index (χ0n) is 10.1. The molecule has 100 valence electrons. The van der Waals surface area contributed by atoms with E-state index >= 15 is 0 Å². The normalized spacial score (nSPS) is 20.7. The molecular weight excluding hydrogens is 252 g/mol. The summed E-state index contributed by atoms with van der Waals surface area (Å²) in [6, 6.07) is 4.38. The summed E-state index contributed by atoms with van der Waals surface area (Å²) in [5, 5.41) is 22.0. The van der Waals surface area contributed by atoms with Crippen LogP contribution in [0.2, 0.25) is 0 Å². The van der Waals surface area contributed by atoms with E-state index in [2.05, 4.69) is 5.32 Å². The molecule has 2 rings (SSSR count). The second kappa shape index (κ2) is 4.68. The minimum atomic E-state index is -1.01. The van der Waals surface area contributed by atoms with Gasteiger partial charge in [-0.1, -0.05) is 6.07 Å². The molecule has 0 bridgehead atoms. The van der Waals surface area contributed by atoms with Crippen molar-refractivity contribution < 1.29 is 19.6 Å². The van der Waals surface area contributed by atoms with Crippen molar-refractivity contribution in [3.8, 4) is 0 Å². The molecule has 1 aromatic rings. The first-order chi connectivity index (χ1) is 8.90. The van der Waals surface area contributed by atoms with Crippen molar-refractivity contribution in [3.63, 3.8) is 0 Å². The summed E-state index contributed by atoms with van der Waals surface area (Å²) >= 11 is 0. The highest BCUT2D eigenvalue weighted by molar-refractivity contribution is 5.99. The van der Waals surface area contributed by atoms with Crippen LogP contribution >= 0.6 is 0 Å². The minimum Gasteiger partial charge on any atom is -0.481 e. The van der Waals surface area contributed by atoms with E-state index in [-0.39, 0.29) is 17.8 Å². The molecule has 1 amide bonds. The molecule has 0 spiro atoms. The molecule has 1 aromatic carbocycles. The van der Waals surface area contributed by atoms with Gasteiger partial charge in [0.1, 0.15) is 5.69 Å². The lowest BCUT2D eigenvalue weighted by Crippen LogP contribution is -2.17.